The molecule has 1 saturated carbocycles. The zero-order valence-electron chi connectivity index (χ0n) is 19.3. The third-order valence-corrected chi connectivity index (χ3v) is 7.47. The lowest BCUT2D eigenvalue weighted by Gasteiger charge is -2.42. The van der Waals surface area contributed by atoms with E-state index >= 15 is 0 Å². The third kappa shape index (κ3) is 4.03. The van der Waals surface area contributed by atoms with Crippen molar-refractivity contribution in [2.45, 2.75) is 37.6 Å². The molecular formula is C26H22FN7OS. The Labute approximate surface area is 210 Å². The van der Waals surface area contributed by atoms with Crippen LogP contribution < -0.4 is 5.32 Å². The van der Waals surface area contributed by atoms with E-state index in [2.05, 4.69) is 30.5 Å². The van der Waals surface area contributed by atoms with Gasteiger partial charge in [-0.3, -0.25) is 19.3 Å². The number of para-hydroxylation sites is 1. The van der Waals surface area contributed by atoms with Crippen LogP contribution in [0.4, 0.5) is 4.39 Å². The van der Waals surface area contributed by atoms with Gasteiger partial charge < -0.3 is 5.32 Å². The molecule has 1 aromatic carbocycles. The molecule has 6 rings (SSSR count). The number of hydrogen-bond acceptors (Lipinski definition) is 7. The molecule has 4 heterocycles. The van der Waals surface area contributed by atoms with Gasteiger partial charge in [0.15, 0.2) is 10.8 Å². The first-order valence-electron chi connectivity index (χ1n) is 11.7. The minimum Gasteiger partial charge on any atom is -0.347 e. The zero-order chi connectivity index (χ0) is 24.5. The fourth-order valence-corrected chi connectivity index (χ4v) is 5.31. The lowest BCUT2D eigenvalue weighted by Crippen LogP contribution is -2.53. The van der Waals surface area contributed by atoms with Crippen molar-refractivity contribution in [2.24, 2.45) is 0 Å². The maximum Gasteiger partial charge on any atom is 0.254 e. The summed E-state index contributed by atoms with van der Waals surface area (Å²) in [5.74, 6) is 0.605. The second kappa shape index (κ2) is 9.19. The number of nitrogens with one attached hydrogen (secondary N) is 1. The van der Waals surface area contributed by atoms with E-state index in [-0.39, 0.29) is 17.3 Å². The average Bonchev–Trinajstić information content (AvgIpc) is 3.55. The SMILES string of the molecule is O=C(NC1(CCc2nnc(-c3nccs3)n2-c2ccccc2F)CCC1)c1ccnc2cccnc12. The largest absolute Gasteiger partial charge is 0.347 e. The number of carbonyl (C=O) groups is 1. The van der Waals surface area contributed by atoms with E-state index in [4.69, 9.17) is 0 Å². The Morgan fingerprint density at radius 3 is 2.69 bits per heavy atom. The van der Waals surface area contributed by atoms with E-state index in [0.717, 1.165) is 19.3 Å². The van der Waals surface area contributed by atoms with E-state index in [1.165, 1.54) is 17.4 Å². The molecule has 8 nitrogen and oxygen atoms in total. The summed E-state index contributed by atoms with van der Waals surface area (Å²) in [6.07, 6.45) is 8.90. The Bertz CT molecular complexity index is 1540. The molecule has 1 aliphatic carbocycles. The molecule has 0 bridgehead atoms. The number of carbonyl (C=O) groups excluding carboxylic acids is 1. The molecular weight excluding hydrogens is 477 g/mol. The van der Waals surface area contributed by atoms with E-state index < -0.39 is 0 Å². The topological polar surface area (TPSA) is 98.5 Å². The van der Waals surface area contributed by atoms with Crippen molar-refractivity contribution in [3.8, 4) is 16.5 Å². The van der Waals surface area contributed by atoms with Crippen molar-refractivity contribution in [2.75, 3.05) is 0 Å². The summed E-state index contributed by atoms with van der Waals surface area (Å²) in [5, 5.41) is 14.6. The quantitative estimate of drug-likeness (QED) is 0.347. The molecule has 4 aromatic heterocycles. The molecule has 0 saturated heterocycles. The fourth-order valence-electron chi connectivity index (χ4n) is 4.70. The highest BCUT2D eigenvalue weighted by molar-refractivity contribution is 7.13. The standard InChI is InChI=1S/C26H22FN7OS/c27-18-5-1-2-7-20(18)34-21(32-33-23(34)25-30-15-16-36-25)8-12-26(10-4-11-26)31-24(35)17-9-14-28-19-6-3-13-29-22(17)19/h1-3,5-7,9,13-16H,4,8,10-12H2,(H,31,35). The van der Waals surface area contributed by atoms with Crippen LogP contribution in [0.2, 0.25) is 0 Å². The summed E-state index contributed by atoms with van der Waals surface area (Å²) in [4.78, 5) is 26.3. The van der Waals surface area contributed by atoms with Gasteiger partial charge in [0.05, 0.1) is 16.8 Å². The Hall–Kier alpha value is -4.05. The normalized spacial score (nSPS) is 14.5. The van der Waals surface area contributed by atoms with Crippen molar-refractivity contribution in [1.29, 1.82) is 0 Å². The number of rotatable bonds is 7. The van der Waals surface area contributed by atoms with Crippen LogP contribution in [0.1, 0.15) is 41.9 Å². The zero-order valence-corrected chi connectivity index (χ0v) is 20.1. The number of nitrogens with zero attached hydrogens (tertiary/aromatic N) is 6. The minimum atomic E-state index is -0.366. The molecule has 1 fully saturated rings. The summed E-state index contributed by atoms with van der Waals surface area (Å²) < 4.78 is 16.6. The molecule has 180 valence electrons. The number of halogens is 1. The summed E-state index contributed by atoms with van der Waals surface area (Å²) in [7, 11) is 0. The molecule has 10 heteroatoms. The van der Waals surface area contributed by atoms with Crippen LogP contribution in [-0.4, -0.2) is 41.2 Å². The molecule has 0 radical (unpaired) electrons. The number of aryl methyl sites for hydroxylation is 1. The minimum absolute atomic E-state index is 0.167. The molecule has 36 heavy (non-hydrogen) atoms. The molecule has 1 amide bonds. The summed E-state index contributed by atoms with van der Waals surface area (Å²) in [6.45, 7) is 0. The first-order valence-corrected chi connectivity index (χ1v) is 12.6. The lowest BCUT2D eigenvalue weighted by atomic mass is 9.73. The molecule has 0 unspecified atom stereocenters. The fraction of sp³-hybridized carbons (Fsp3) is 0.231. The number of hydrogen-bond donors (Lipinski definition) is 1. The summed E-state index contributed by atoms with van der Waals surface area (Å²) >= 11 is 1.43. The third-order valence-electron chi connectivity index (χ3n) is 6.70. The lowest BCUT2D eigenvalue weighted by molar-refractivity contribution is 0.0813. The van der Waals surface area contributed by atoms with Crippen LogP contribution in [0, 0.1) is 5.82 Å². The summed E-state index contributed by atoms with van der Waals surface area (Å²) in [6, 6.07) is 11.9. The highest BCUT2D eigenvalue weighted by Gasteiger charge is 2.39. The second-order valence-electron chi connectivity index (χ2n) is 8.88. The first kappa shape index (κ1) is 22.4. The number of thiazole rings is 1. The molecule has 0 spiro atoms. The van der Waals surface area contributed by atoms with Crippen LogP contribution in [0.3, 0.4) is 0 Å². The predicted molar refractivity (Wildman–Crippen MR) is 134 cm³/mol. The van der Waals surface area contributed by atoms with Gasteiger partial charge in [-0.1, -0.05) is 12.1 Å². The van der Waals surface area contributed by atoms with E-state index in [1.807, 2.05) is 11.4 Å². The van der Waals surface area contributed by atoms with Gasteiger partial charge in [0.2, 0.25) is 0 Å². The van der Waals surface area contributed by atoms with Gasteiger partial charge in [-0.15, -0.1) is 21.5 Å². The van der Waals surface area contributed by atoms with Gasteiger partial charge in [-0.2, -0.15) is 0 Å². The van der Waals surface area contributed by atoms with E-state index in [9.17, 15) is 9.18 Å². The van der Waals surface area contributed by atoms with Gasteiger partial charge >= 0.3 is 0 Å². The number of amides is 1. The first-order chi connectivity index (χ1) is 17.6. The van der Waals surface area contributed by atoms with Crippen molar-refractivity contribution < 1.29 is 9.18 Å². The second-order valence-corrected chi connectivity index (χ2v) is 9.78. The molecule has 0 aliphatic heterocycles. The van der Waals surface area contributed by atoms with Crippen LogP contribution in [0.15, 0.2) is 66.4 Å². The Kier molecular flexibility index (Phi) is 5.73. The van der Waals surface area contributed by atoms with Crippen molar-refractivity contribution in [3.63, 3.8) is 0 Å². The number of aromatic nitrogens is 6. The number of fused-ring (bicyclic) bond motifs is 1. The number of benzene rings is 1. The van der Waals surface area contributed by atoms with Crippen molar-refractivity contribution in [1.82, 2.24) is 35.0 Å². The predicted octanol–water partition coefficient (Wildman–Crippen LogP) is 4.76. The van der Waals surface area contributed by atoms with Gasteiger partial charge in [0.25, 0.3) is 5.91 Å². The van der Waals surface area contributed by atoms with Crippen LogP contribution in [-0.2, 0) is 6.42 Å². The molecule has 1 aliphatic rings. The van der Waals surface area contributed by atoms with Crippen LogP contribution in [0.25, 0.3) is 27.6 Å². The van der Waals surface area contributed by atoms with Crippen LogP contribution >= 0.6 is 11.3 Å². The monoisotopic (exact) mass is 499 g/mol. The number of pyridine rings is 2. The van der Waals surface area contributed by atoms with Crippen molar-refractivity contribution in [3.05, 3.63) is 83.6 Å². The van der Waals surface area contributed by atoms with Gasteiger partial charge in [0.1, 0.15) is 17.2 Å². The van der Waals surface area contributed by atoms with Gasteiger partial charge in [-0.25, -0.2) is 9.37 Å². The smallest absolute Gasteiger partial charge is 0.254 e. The molecule has 1 N–H and O–H groups in total. The van der Waals surface area contributed by atoms with Crippen LogP contribution in [0.5, 0.6) is 0 Å². The summed E-state index contributed by atoms with van der Waals surface area (Å²) in [5.41, 5.74) is 1.78. The average molecular weight is 500 g/mol. The van der Waals surface area contributed by atoms with E-state index in [1.54, 1.807) is 53.5 Å². The van der Waals surface area contributed by atoms with E-state index in [0.29, 0.717) is 51.8 Å². The highest BCUT2D eigenvalue weighted by atomic mass is 32.1. The maximum absolute atomic E-state index is 14.8. The molecule has 0 atom stereocenters. The highest BCUT2D eigenvalue weighted by Crippen LogP contribution is 2.37. The Morgan fingerprint density at radius 1 is 1.03 bits per heavy atom. The molecule has 5 aromatic rings. The van der Waals surface area contributed by atoms with Gasteiger partial charge in [0, 0.05) is 35.9 Å². The van der Waals surface area contributed by atoms with Crippen molar-refractivity contribution >= 4 is 28.3 Å². The Morgan fingerprint density at radius 2 is 1.92 bits per heavy atom. The Balaban J connectivity index is 1.28. The maximum atomic E-state index is 14.8. The van der Waals surface area contributed by atoms with Gasteiger partial charge in [-0.05, 0) is 56.0 Å².